The summed E-state index contributed by atoms with van der Waals surface area (Å²) in [6.45, 7) is 2.62. The number of carbonyl (C=O) groups excluding carboxylic acids is 2. The van der Waals surface area contributed by atoms with E-state index in [-0.39, 0.29) is 23.7 Å². The fourth-order valence-electron chi connectivity index (χ4n) is 2.68. The summed E-state index contributed by atoms with van der Waals surface area (Å²) in [5.74, 6) is -1.82. The molecule has 0 bridgehead atoms. The van der Waals surface area contributed by atoms with Gasteiger partial charge in [-0.15, -0.1) is 0 Å². The maximum absolute atomic E-state index is 12.3. The van der Waals surface area contributed by atoms with Crippen molar-refractivity contribution < 1.29 is 24.1 Å². The van der Waals surface area contributed by atoms with Gasteiger partial charge >= 0.3 is 11.7 Å². The van der Waals surface area contributed by atoms with Crippen LogP contribution in [-0.4, -0.2) is 34.8 Å². The monoisotopic (exact) mass is 344 g/mol. The molecule has 0 amide bonds. The molecule has 1 aliphatic heterocycles. The second kappa shape index (κ2) is 7.16. The van der Waals surface area contributed by atoms with E-state index in [1.165, 1.54) is 18.3 Å². The average molecular weight is 344 g/mol. The zero-order valence-corrected chi connectivity index (χ0v) is 13.7. The van der Waals surface area contributed by atoms with Gasteiger partial charge in [-0.3, -0.25) is 4.79 Å². The summed E-state index contributed by atoms with van der Waals surface area (Å²) in [7, 11) is 0. The Morgan fingerprint density at radius 1 is 1.28 bits per heavy atom. The Morgan fingerprint density at radius 3 is 2.84 bits per heavy atom. The van der Waals surface area contributed by atoms with Crippen LogP contribution in [0, 0.1) is 4.91 Å². The molecule has 0 aliphatic carbocycles. The number of ketones is 1. The highest BCUT2D eigenvalue weighted by atomic mass is 16.8. The highest BCUT2D eigenvalue weighted by Gasteiger charge is 2.32. The second-order valence-corrected chi connectivity index (χ2v) is 5.45. The van der Waals surface area contributed by atoms with Crippen molar-refractivity contribution in [2.24, 2.45) is 0 Å². The van der Waals surface area contributed by atoms with Crippen LogP contribution >= 0.6 is 0 Å². The lowest BCUT2D eigenvalue weighted by Crippen LogP contribution is -2.23. The van der Waals surface area contributed by atoms with Gasteiger partial charge < -0.3 is 15.0 Å². The van der Waals surface area contributed by atoms with Crippen LogP contribution in [-0.2, 0) is 16.1 Å². The molecule has 0 spiro atoms. The van der Waals surface area contributed by atoms with Crippen LogP contribution in [0.15, 0.2) is 30.5 Å². The maximum Gasteiger partial charge on any atom is 0.386 e. The Balaban J connectivity index is 1.96. The van der Waals surface area contributed by atoms with Crippen molar-refractivity contribution in [1.82, 2.24) is 4.98 Å². The Hall–Kier alpha value is -3.16. The summed E-state index contributed by atoms with van der Waals surface area (Å²) in [5, 5.41) is 3.19. The molecule has 0 radical (unpaired) electrons. The van der Waals surface area contributed by atoms with Crippen molar-refractivity contribution in [3.05, 3.63) is 46.6 Å². The molecule has 0 saturated carbocycles. The highest BCUT2D eigenvalue weighted by molar-refractivity contribution is 6.40. The summed E-state index contributed by atoms with van der Waals surface area (Å²) in [5.41, 5.74) is 1.63. The highest BCUT2D eigenvalue weighted by Crippen LogP contribution is 2.39. The SMILES string of the molecule is CCO[N+](=O)c1ccc2c(c1OC(=O)C(=O)c1ccc[nH]1)CCCN2. The molecule has 8 nitrogen and oxygen atoms in total. The maximum atomic E-state index is 12.3. The molecule has 2 aromatic rings. The van der Waals surface area contributed by atoms with Crippen molar-refractivity contribution >= 4 is 23.1 Å². The number of nitrogens with one attached hydrogen (secondary N) is 2. The van der Waals surface area contributed by atoms with Crippen LogP contribution < -0.4 is 10.1 Å². The molecule has 0 atom stereocenters. The van der Waals surface area contributed by atoms with Crippen molar-refractivity contribution in [3.63, 3.8) is 0 Å². The molecule has 3 rings (SSSR count). The third kappa shape index (κ3) is 3.37. The Bertz CT molecular complexity index is 814. The first-order valence-electron chi connectivity index (χ1n) is 8.01. The molecule has 1 aliphatic rings. The lowest BCUT2D eigenvalue weighted by Gasteiger charge is -2.19. The molecule has 8 heteroatoms. The van der Waals surface area contributed by atoms with E-state index in [1.54, 1.807) is 19.1 Å². The summed E-state index contributed by atoms with van der Waals surface area (Å²) in [6, 6.07) is 6.32. The Morgan fingerprint density at radius 2 is 2.12 bits per heavy atom. The number of benzene rings is 1. The number of aromatic amines is 1. The third-order valence-electron chi connectivity index (χ3n) is 3.82. The van der Waals surface area contributed by atoms with Gasteiger partial charge in [0.1, 0.15) is 0 Å². The molecule has 0 unspecified atom stereocenters. The molecular formula is C17H18N3O5+. The van der Waals surface area contributed by atoms with Crippen molar-refractivity contribution in [3.8, 4) is 5.75 Å². The number of aromatic nitrogens is 1. The lowest BCUT2D eigenvalue weighted by atomic mass is 10.0. The van der Waals surface area contributed by atoms with E-state index in [4.69, 9.17) is 9.57 Å². The van der Waals surface area contributed by atoms with Gasteiger partial charge in [-0.25, -0.2) is 9.63 Å². The number of hydrogen-bond acceptors (Lipinski definition) is 6. The van der Waals surface area contributed by atoms with E-state index in [0.717, 1.165) is 18.7 Å². The van der Waals surface area contributed by atoms with Gasteiger partial charge in [-0.05, 0) is 38.0 Å². The summed E-state index contributed by atoms with van der Waals surface area (Å²) in [4.78, 5) is 44.4. The van der Waals surface area contributed by atoms with Crippen LogP contribution in [0.3, 0.4) is 0 Å². The number of nitrogens with zero attached hydrogens (tertiary/aromatic N) is 1. The molecule has 25 heavy (non-hydrogen) atoms. The first-order chi connectivity index (χ1) is 12.1. The number of esters is 1. The smallest absolute Gasteiger partial charge is 0.386 e. The van der Waals surface area contributed by atoms with Crippen LogP contribution in [0.25, 0.3) is 0 Å². The van der Waals surface area contributed by atoms with Gasteiger partial charge in [0, 0.05) is 30.1 Å². The number of carbonyl (C=O) groups is 2. The molecule has 0 fully saturated rings. The van der Waals surface area contributed by atoms with E-state index in [9.17, 15) is 14.5 Å². The zero-order valence-electron chi connectivity index (χ0n) is 13.7. The molecule has 0 saturated heterocycles. The Labute approximate surface area is 143 Å². The van der Waals surface area contributed by atoms with Crippen molar-refractivity contribution in [1.29, 1.82) is 0 Å². The number of H-pyrrole nitrogens is 1. The number of hydrogen-bond donors (Lipinski definition) is 2. The summed E-state index contributed by atoms with van der Waals surface area (Å²) >= 11 is 0. The molecule has 2 N–H and O–H groups in total. The summed E-state index contributed by atoms with van der Waals surface area (Å²) < 4.78 is 5.33. The number of fused-ring (bicyclic) bond motifs is 1. The van der Waals surface area contributed by atoms with Crippen molar-refractivity contribution in [2.75, 3.05) is 18.5 Å². The van der Waals surface area contributed by atoms with Gasteiger partial charge in [0.2, 0.25) is 5.75 Å². The average Bonchev–Trinajstić information content (AvgIpc) is 3.16. The number of ether oxygens (including phenoxy) is 1. The third-order valence-corrected chi connectivity index (χ3v) is 3.82. The quantitative estimate of drug-likeness (QED) is 0.275. The van der Waals surface area contributed by atoms with Gasteiger partial charge in [-0.2, -0.15) is 0 Å². The fourth-order valence-corrected chi connectivity index (χ4v) is 2.68. The number of anilines is 1. The standard InChI is InChI=1S/C17H17N3O5/c1-2-24-20(23)14-8-7-12-11(5-3-9-18-12)16(14)25-17(22)15(21)13-6-4-10-19-13/h4,6-8,10H,2-3,5,9H2,1H3,(H-,18,19,21,23)/p+1. The van der Waals surface area contributed by atoms with E-state index >= 15 is 0 Å². The predicted octanol–water partition coefficient (Wildman–Crippen LogP) is 2.52. The largest absolute Gasteiger partial charge is 0.413 e. The molecule has 130 valence electrons. The van der Waals surface area contributed by atoms with Crippen LogP contribution in [0.4, 0.5) is 11.4 Å². The zero-order chi connectivity index (χ0) is 17.8. The van der Waals surface area contributed by atoms with Gasteiger partial charge in [0.05, 0.1) is 10.6 Å². The number of rotatable bonds is 6. The second-order valence-electron chi connectivity index (χ2n) is 5.45. The molecule has 2 heterocycles. The molecular weight excluding hydrogens is 326 g/mol. The van der Waals surface area contributed by atoms with Gasteiger partial charge in [0.25, 0.3) is 10.7 Å². The first-order valence-corrected chi connectivity index (χ1v) is 8.01. The minimum atomic E-state index is -1.06. The summed E-state index contributed by atoms with van der Waals surface area (Å²) in [6.07, 6.45) is 2.98. The van der Waals surface area contributed by atoms with Crippen LogP contribution in [0.5, 0.6) is 5.75 Å². The lowest BCUT2D eigenvalue weighted by molar-refractivity contribution is -0.744. The van der Waals surface area contributed by atoms with Crippen molar-refractivity contribution in [2.45, 2.75) is 19.8 Å². The minimum absolute atomic E-state index is 0.0527. The van der Waals surface area contributed by atoms with E-state index in [0.29, 0.717) is 16.9 Å². The van der Waals surface area contributed by atoms with E-state index < -0.39 is 11.8 Å². The van der Waals surface area contributed by atoms with Gasteiger partial charge in [-0.1, -0.05) is 0 Å². The number of Topliss-reactive ketones (excluding diaryl/α,β-unsaturated/α-hetero) is 1. The first kappa shape index (κ1) is 16.7. The van der Waals surface area contributed by atoms with Crippen LogP contribution in [0.1, 0.15) is 29.4 Å². The van der Waals surface area contributed by atoms with E-state index in [2.05, 4.69) is 10.3 Å². The topological polar surface area (TPSA) is 100 Å². The van der Waals surface area contributed by atoms with Crippen LogP contribution in [0.2, 0.25) is 0 Å². The van der Waals surface area contributed by atoms with E-state index in [1.807, 2.05) is 0 Å². The Kier molecular flexibility index (Phi) is 4.78. The minimum Gasteiger partial charge on any atom is -0.413 e. The molecule has 1 aromatic heterocycles. The van der Waals surface area contributed by atoms with Gasteiger partial charge in [0.15, 0.2) is 6.61 Å². The molecule has 1 aromatic carbocycles. The fraction of sp³-hybridized carbons (Fsp3) is 0.294. The predicted molar refractivity (Wildman–Crippen MR) is 88.9 cm³/mol. The normalized spacial score (nSPS) is 12.7.